The molecule has 2 heterocycles. The number of H-pyrrole nitrogens is 2. The molecule has 1 aliphatic carbocycles. The van der Waals surface area contributed by atoms with E-state index in [4.69, 9.17) is 0 Å². The van der Waals surface area contributed by atoms with Crippen molar-refractivity contribution >= 4 is 17.1 Å². The van der Waals surface area contributed by atoms with E-state index < -0.39 is 11.2 Å². The standard InChI is InChI=1S/C25H33N5O3/c1-15(2)21(18-11-9-17(10-12-18)16-7-5-4-6-8-16)28-20(31)14-13-19-26-22-23(27-19)30(3)25(33)29-24(22)32/h9-12,15-16,21H,4-8,13-14H2,1-3H3,(H,26,27)(H,28,31)(H,29,32,33). The average molecular weight is 452 g/mol. The zero-order valence-corrected chi connectivity index (χ0v) is 19.6. The fraction of sp³-hybridized carbons (Fsp3) is 0.520. The van der Waals surface area contributed by atoms with Crippen LogP contribution in [0, 0.1) is 5.92 Å². The molecule has 0 radical (unpaired) electrons. The van der Waals surface area contributed by atoms with Crippen LogP contribution in [0.3, 0.4) is 0 Å². The average Bonchev–Trinajstić information content (AvgIpc) is 3.25. The Labute approximate surface area is 192 Å². The van der Waals surface area contributed by atoms with Crippen LogP contribution in [0.1, 0.15) is 81.3 Å². The third-order valence-electron chi connectivity index (χ3n) is 6.75. The second-order valence-corrected chi connectivity index (χ2v) is 9.49. The summed E-state index contributed by atoms with van der Waals surface area (Å²) in [4.78, 5) is 46.0. The van der Waals surface area contributed by atoms with Gasteiger partial charge >= 0.3 is 5.69 Å². The Kier molecular flexibility index (Phi) is 6.81. The van der Waals surface area contributed by atoms with E-state index in [0.29, 0.717) is 18.2 Å². The van der Waals surface area contributed by atoms with E-state index in [9.17, 15) is 14.4 Å². The molecule has 1 aliphatic rings. The minimum absolute atomic E-state index is 0.0720. The first-order valence-corrected chi connectivity index (χ1v) is 11.9. The zero-order chi connectivity index (χ0) is 23.5. The van der Waals surface area contributed by atoms with Gasteiger partial charge in [0.25, 0.3) is 5.56 Å². The van der Waals surface area contributed by atoms with E-state index in [2.05, 4.69) is 58.4 Å². The van der Waals surface area contributed by atoms with Gasteiger partial charge in [-0.15, -0.1) is 0 Å². The van der Waals surface area contributed by atoms with Crippen molar-refractivity contribution in [2.24, 2.45) is 13.0 Å². The summed E-state index contributed by atoms with van der Waals surface area (Å²) in [6.07, 6.45) is 7.09. The molecule has 0 saturated heterocycles. The van der Waals surface area contributed by atoms with Gasteiger partial charge in [0.05, 0.1) is 6.04 Å². The number of carbonyl (C=O) groups is 1. The third-order valence-corrected chi connectivity index (χ3v) is 6.75. The molecule has 176 valence electrons. The Morgan fingerprint density at radius 2 is 1.82 bits per heavy atom. The number of aromatic amines is 2. The van der Waals surface area contributed by atoms with Gasteiger partial charge < -0.3 is 10.3 Å². The first kappa shape index (κ1) is 23.0. The van der Waals surface area contributed by atoms with Crippen LogP contribution >= 0.6 is 0 Å². The van der Waals surface area contributed by atoms with Crippen LogP contribution < -0.4 is 16.6 Å². The Morgan fingerprint density at radius 1 is 1.12 bits per heavy atom. The lowest BCUT2D eigenvalue weighted by molar-refractivity contribution is -0.122. The number of imidazole rings is 1. The number of aryl methyl sites for hydroxylation is 2. The Hall–Kier alpha value is -3.16. The smallest absolute Gasteiger partial charge is 0.329 e. The number of carbonyl (C=O) groups excluding carboxylic acids is 1. The van der Waals surface area contributed by atoms with Gasteiger partial charge in [-0.25, -0.2) is 9.78 Å². The molecule has 1 aromatic carbocycles. The van der Waals surface area contributed by atoms with E-state index in [1.807, 2.05) is 0 Å². The lowest BCUT2D eigenvalue weighted by Crippen LogP contribution is -2.32. The molecule has 0 spiro atoms. The summed E-state index contributed by atoms with van der Waals surface area (Å²) in [5.74, 6) is 1.34. The highest BCUT2D eigenvalue weighted by Crippen LogP contribution is 2.33. The van der Waals surface area contributed by atoms with Crippen molar-refractivity contribution in [2.45, 2.75) is 70.8 Å². The van der Waals surface area contributed by atoms with Gasteiger partial charge in [0.15, 0.2) is 5.65 Å². The molecule has 1 atom stereocenters. The van der Waals surface area contributed by atoms with E-state index in [1.165, 1.54) is 42.2 Å². The second-order valence-electron chi connectivity index (χ2n) is 9.49. The van der Waals surface area contributed by atoms with E-state index >= 15 is 0 Å². The minimum atomic E-state index is -0.516. The summed E-state index contributed by atoms with van der Waals surface area (Å²) in [6, 6.07) is 8.69. The fourth-order valence-corrected chi connectivity index (χ4v) is 4.79. The van der Waals surface area contributed by atoms with Crippen molar-refractivity contribution in [3.8, 4) is 0 Å². The Bertz CT molecular complexity index is 1230. The van der Waals surface area contributed by atoms with Gasteiger partial charge in [0.1, 0.15) is 11.3 Å². The lowest BCUT2D eigenvalue weighted by Gasteiger charge is -2.25. The minimum Gasteiger partial charge on any atom is -0.349 e. The number of benzene rings is 1. The fourth-order valence-electron chi connectivity index (χ4n) is 4.79. The lowest BCUT2D eigenvalue weighted by atomic mass is 9.83. The number of amides is 1. The third kappa shape index (κ3) is 5.10. The van der Waals surface area contributed by atoms with Crippen LogP contribution in [0.25, 0.3) is 11.2 Å². The number of nitrogens with one attached hydrogen (secondary N) is 3. The maximum absolute atomic E-state index is 12.7. The summed E-state index contributed by atoms with van der Waals surface area (Å²) < 4.78 is 1.28. The summed E-state index contributed by atoms with van der Waals surface area (Å²) in [7, 11) is 1.55. The molecule has 0 aliphatic heterocycles. The van der Waals surface area contributed by atoms with Crippen molar-refractivity contribution < 1.29 is 4.79 Å². The quantitative estimate of drug-likeness (QED) is 0.511. The zero-order valence-electron chi connectivity index (χ0n) is 19.6. The second kappa shape index (κ2) is 9.77. The van der Waals surface area contributed by atoms with Gasteiger partial charge in [0, 0.05) is 19.9 Å². The maximum Gasteiger partial charge on any atom is 0.329 e. The number of hydrogen-bond acceptors (Lipinski definition) is 4. The predicted octanol–water partition coefficient (Wildman–Crippen LogP) is 3.44. The Morgan fingerprint density at radius 3 is 2.48 bits per heavy atom. The van der Waals surface area contributed by atoms with Crippen LogP contribution in [0.2, 0.25) is 0 Å². The molecule has 8 heteroatoms. The molecule has 1 saturated carbocycles. The SMILES string of the molecule is CC(C)C(NC(=O)CCc1nc2c([nH]1)c(=O)[nH]c(=O)n2C)c1ccc(C2CCCCC2)cc1. The van der Waals surface area contributed by atoms with Crippen LogP contribution in [-0.2, 0) is 18.3 Å². The first-order valence-electron chi connectivity index (χ1n) is 11.9. The predicted molar refractivity (Wildman–Crippen MR) is 128 cm³/mol. The van der Waals surface area contributed by atoms with Crippen LogP contribution in [0.5, 0.6) is 0 Å². The molecule has 3 N–H and O–H groups in total. The maximum atomic E-state index is 12.7. The van der Waals surface area contributed by atoms with Gasteiger partial charge in [0.2, 0.25) is 5.91 Å². The molecule has 0 bridgehead atoms. The van der Waals surface area contributed by atoms with Crippen molar-refractivity contribution in [3.05, 3.63) is 62.1 Å². The van der Waals surface area contributed by atoms with Gasteiger partial charge in [-0.1, -0.05) is 57.4 Å². The molecular weight excluding hydrogens is 418 g/mol. The monoisotopic (exact) mass is 451 g/mol. The topological polar surface area (TPSA) is 113 Å². The highest BCUT2D eigenvalue weighted by atomic mass is 16.2. The van der Waals surface area contributed by atoms with Crippen molar-refractivity contribution in [1.82, 2.24) is 24.8 Å². The molecule has 1 unspecified atom stereocenters. The van der Waals surface area contributed by atoms with Crippen LogP contribution in [0.4, 0.5) is 0 Å². The summed E-state index contributed by atoms with van der Waals surface area (Å²) in [5, 5.41) is 3.16. The largest absolute Gasteiger partial charge is 0.349 e. The van der Waals surface area contributed by atoms with E-state index in [0.717, 1.165) is 5.56 Å². The first-order chi connectivity index (χ1) is 15.8. The number of aromatic nitrogens is 4. The van der Waals surface area contributed by atoms with Crippen molar-refractivity contribution in [1.29, 1.82) is 0 Å². The van der Waals surface area contributed by atoms with E-state index in [1.54, 1.807) is 7.05 Å². The molecule has 1 amide bonds. The summed E-state index contributed by atoms with van der Waals surface area (Å²) in [5.41, 5.74) is 2.03. The number of hydrogen-bond donors (Lipinski definition) is 3. The highest BCUT2D eigenvalue weighted by Gasteiger charge is 2.21. The summed E-state index contributed by atoms with van der Waals surface area (Å²) in [6.45, 7) is 4.21. The van der Waals surface area contributed by atoms with Crippen LogP contribution in [0.15, 0.2) is 33.9 Å². The molecule has 2 aromatic heterocycles. The van der Waals surface area contributed by atoms with Crippen molar-refractivity contribution in [2.75, 3.05) is 0 Å². The van der Waals surface area contributed by atoms with Gasteiger partial charge in [-0.05, 0) is 35.8 Å². The van der Waals surface area contributed by atoms with E-state index in [-0.39, 0.29) is 35.5 Å². The Balaban J connectivity index is 1.41. The number of nitrogens with zero attached hydrogens (tertiary/aromatic N) is 2. The number of fused-ring (bicyclic) bond motifs is 1. The highest BCUT2D eigenvalue weighted by molar-refractivity contribution is 5.77. The molecule has 3 aromatic rings. The molecule has 8 nitrogen and oxygen atoms in total. The van der Waals surface area contributed by atoms with Gasteiger partial charge in [-0.2, -0.15) is 0 Å². The van der Waals surface area contributed by atoms with Crippen molar-refractivity contribution in [3.63, 3.8) is 0 Å². The van der Waals surface area contributed by atoms with Crippen LogP contribution in [-0.4, -0.2) is 25.4 Å². The number of rotatable bonds is 7. The molecule has 4 rings (SSSR count). The summed E-state index contributed by atoms with van der Waals surface area (Å²) >= 11 is 0. The normalized spacial score (nSPS) is 15.8. The molecule has 33 heavy (non-hydrogen) atoms. The molecule has 1 fully saturated rings. The van der Waals surface area contributed by atoms with Gasteiger partial charge in [-0.3, -0.25) is 19.1 Å². The molecular formula is C25H33N5O3.